The van der Waals surface area contributed by atoms with Crippen molar-refractivity contribution in [3.8, 4) is 0 Å². The predicted octanol–water partition coefficient (Wildman–Crippen LogP) is 1.21. The van der Waals surface area contributed by atoms with E-state index in [9.17, 15) is 4.79 Å². The van der Waals surface area contributed by atoms with Crippen LogP contribution in [0, 0.1) is 0 Å². The lowest BCUT2D eigenvalue weighted by atomic mass is 10.1. The highest BCUT2D eigenvalue weighted by atomic mass is 16.1. The van der Waals surface area contributed by atoms with E-state index in [2.05, 4.69) is 0 Å². The maximum absolute atomic E-state index is 10.5. The molecule has 0 saturated carbocycles. The van der Waals surface area contributed by atoms with Crippen molar-refractivity contribution in [2.75, 3.05) is 14.1 Å². The first-order valence-corrected chi connectivity index (χ1v) is 3.85. The van der Waals surface area contributed by atoms with Crippen molar-refractivity contribution in [3.63, 3.8) is 0 Å². The van der Waals surface area contributed by atoms with E-state index in [-0.39, 0.29) is 0 Å². The van der Waals surface area contributed by atoms with E-state index < -0.39 is 0 Å². The van der Waals surface area contributed by atoms with E-state index >= 15 is 0 Å². The zero-order valence-corrected chi connectivity index (χ0v) is 7.37. The van der Waals surface area contributed by atoms with Crippen LogP contribution in [0.3, 0.4) is 0 Å². The molecule has 12 heavy (non-hydrogen) atoms. The number of hydrogen-bond acceptors (Lipinski definition) is 2. The molecule has 0 bridgehead atoms. The number of rotatable bonds is 3. The lowest BCUT2D eigenvalue weighted by Crippen LogP contribution is -2.12. The van der Waals surface area contributed by atoms with Gasteiger partial charge in [-0.25, -0.2) is 0 Å². The Bertz CT molecular complexity index is 268. The standard InChI is InChI=1S/C10H12NO/c1-11(2)7-9-5-3-4-6-10(9)8-12/h3-6H,7H2,1-2H3. The topological polar surface area (TPSA) is 20.3 Å². The number of nitrogens with zero attached hydrogens (tertiary/aromatic N) is 1. The summed E-state index contributed by atoms with van der Waals surface area (Å²) in [5.41, 5.74) is 1.68. The third-order valence-electron chi connectivity index (χ3n) is 1.61. The van der Waals surface area contributed by atoms with Crippen molar-refractivity contribution in [2.24, 2.45) is 0 Å². The van der Waals surface area contributed by atoms with E-state index in [0.29, 0.717) is 5.56 Å². The first-order valence-electron chi connectivity index (χ1n) is 3.85. The van der Waals surface area contributed by atoms with Crippen LogP contribution in [-0.4, -0.2) is 25.3 Å². The van der Waals surface area contributed by atoms with Gasteiger partial charge >= 0.3 is 0 Å². The van der Waals surface area contributed by atoms with Crippen molar-refractivity contribution in [3.05, 3.63) is 35.4 Å². The fourth-order valence-electron chi connectivity index (χ4n) is 1.10. The predicted molar refractivity (Wildman–Crippen MR) is 48.6 cm³/mol. The van der Waals surface area contributed by atoms with Gasteiger partial charge in [0.1, 0.15) is 0 Å². The molecule has 0 fully saturated rings. The molecule has 2 heteroatoms. The van der Waals surface area contributed by atoms with Crippen LogP contribution in [0.25, 0.3) is 0 Å². The van der Waals surface area contributed by atoms with Gasteiger partial charge in [0.2, 0.25) is 6.29 Å². The summed E-state index contributed by atoms with van der Waals surface area (Å²) in [4.78, 5) is 12.5. The Hall–Kier alpha value is -1.15. The minimum absolute atomic E-state index is 0.659. The quantitative estimate of drug-likeness (QED) is 0.665. The summed E-state index contributed by atoms with van der Waals surface area (Å²) in [6.07, 6.45) is 1.92. The highest BCUT2D eigenvalue weighted by Crippen LogP contribution is 2.07. The lowest BCUT2D eigenvalue weighted by molar-refractivity contribution is 0.402. The van der Waals surface area contributed by atoms with Crippen molar-refractivity contribution < 1.29 is 4.79 Å². The zero-order chi connectivity index (χ0) is 8.97. The van der Waals surface area contributed by atoms with Crippen LogP contribution < -0.4 is 0 Å². The van der Waals surface area contributed by atoms with Gasteiger partial charge in [0.15, 0.2) is 0 Å². The first-order chi connectivity index (χ1) is 5.74. The number of hydrogen-bond donors (Lipinski definition) is 0. The van der Waals surface area contributed by atoms with Gasteiger partial charge in [-0.05, 0) is 19.7 Å². The first kappa shape index (κ1) is 8.94. The fraction of sp³-hybridized carbons (Fsp3) is 0.300. The van der Waals surface area contributed by atoms with Gasteiger partial charge in [-0.3, -0.25) is 4.79 Å². The van der Waals surface area contributed by atoms with Crippen LogP contribution >= 0.6 is 0 Å². The highest BCUT2D eigenvalue weighted by Gasteiger charge is 2.01. The van der Waals surface area contributed by atoms with Crippen LogP contribution in [0.2, 0.25) is 0 Å². The zero-order valence-electron chi connectivity index (χ0n) is 7.37. The minimum atomic E-state index is 0.659. The van der Waals surface area contributed by atoms with E-state index in [4.69, 9.17) is 0 Å². The van der Waals surface area contributed by atoms with Gasteiger partial charge in [0.05, 0.1) is 0 Å². The molecule has 0 atom stereocenters. The number of carbonyl (C=O) groups excluding carboxylic acids is 1. The van der Waals surface area contributed by atoms with Crippen LogP contribution in [-0.2, 0) is 11.3 Å². The van der Waals surface area contributed by atoms with Gasteiger partial charge < -0.3 is 4.90 Å². The van der Waals surface area contributed by atoms with Crippen molar-refractivity contribution in [1.29, 1.82) is 0 Å². The molecule has 63 valence electrons. The molecule has 0 amide bonds. The molecule has 1 radical (unpaired) electrons. The van der Waals surface area contributed by atoms with Gasteiger partial charge in [-0.2, -0.15) is 0 Å². The molecule has 0 aliphatic carbocycles. The van der Waals surface area contributed by atoms with Crippen LogP contribution in [0.5, 0.6) is 0 Å². The van der Waals surface area contributed by atoms with Crippen molar-refractivity contribution >= 4 is 6.29 Å². The molecule has 2 nitrogen and oxygen atoms in total. The summed E-state index contributed by atoms with van der Waals surface area (Å²) in [6.45, 7) is 0.783. The van der Waals surface area contributed by atoms with Gasteiger partial charge in [0, 0.05) is 12.1 Å². The van der Waals surface area contributed by atoms with Crippen molar-refractivity contribution in [2.45, 2.75) is 6.54 Å². The van der Waals surface area contributed by atoms with Crippen LogP contribution in [0.4, 0.5) is 0 Å². The lowest BCUT2D eigenvalue weighted by Gasteiger charge is -2.10. The van der Waals surface area contributed by atoms with Crippen LogP contribution in [0.1, 0.15) is 11.1 Å². The summed E-state index contributed by atoms with van der Waals surface area (Å²) >= 11 is 0. The molecular weight excluding hydrogens is 150 g/mol. The Morgan fingerprint density at radius 3 is 2.58 bits per heavy atom. The summed E-state index contributed by atoms with van der Waals surface area (Å²) in [5.74, 6) is 0. The summed E-state index contributed by atoms with van der Waals surface area (Å²) in [5, 5.41) is 0. The second-order valence-corrected chi connectivity index (χ2v) is 3.00. The minimum Gasteiger partial charge on any atom is -0.305 e. The molecule has 0 spiro atoms. The Morgan fingerprint density at radius 1 is 1.33 bits per heavy atom. The van der Waals surface area contributed by atoms with E-state index in [1.54, 1.807) is 6.07 Å². The van der Waals surface area contributed by atoms with E-state index in [1.165, 1.54) is 0 Å². The molecule has 0 aromatic heterocycles. The monoisotopic (exact) mass is 162 g/mol. The third-order valence-corrected chi connectivity index (χ3v) is 1.61. The largest absolute Gasteiger partial charge is 0.305 e. The summed E-state index contributed by atoms with van der Waals surface area (Å²) in [7, 11) is 3.95. The Labute approximate surface area is 72.8 Å². The highest BCUT2D eigenvalue weighted by molar-refractivity contribution is 5.77. The van der Waals surface area contributed by atoms with Gasteiger partial charge in [-0.1, -0.05) is 24.3 Å². The molecular formula is C10H12NO. The Balaban J connectivity index is 2.89. The molecule has 1 rings (SSSR count). The maximum Gasteiger partial charge on any atom is 0.233 e. The molecule has 1 aromatic rings. The van der Waals surface area contributed by atoms with Gasteiger partial charge in [0.25, 0.3) is 0 Å². The molecule has 0 saturated heterocycles. The fourth-order valence-corrected chi connectivity index (χ4v) is 1.10. The average Bonchev–Trinajstić information content (AvgIpc) is 2.04. The molecule has 0 aliphatic heterocycles. The summed E-state index contributed by atoms with van der Waals surface area (Å²) in [6, 6.07) is 7.51. The maximum atomic E-state index is 10.5. The SMILES string of the molecule is CN(C)Cc1ccccc1[C]=O. The Kier molecular flexibility index (Phi) is 3.00. The molecule has 1 aromatic carbocycles. The second-order valence-electron chi connectivity index (χ2n) is 3.00. The Morgan fingerprint density at radius 2 is 2.00 bits per heavy atom. The van der Waals surface area contributed by atoms with Gasteiger partial charge in [-0.15, -0.1) is 0 Å². The second kappa shape index (κ2) is 4.02. The third kappa shape index (κ3) is 2.17. The molecule has 0 unspecified atom stereocenters. The molecule has 0 aliphatic rings. The van der Waals surface area contributed by atoms with E-state index in [0.717, 1.165) is 12.1 Å². The molecule has 0 N–H and O–H groups in total. The normalized spacial score (nSPS) is 10.2. The summed E-state index contributed by atoms with van der Waals surface area (Å²) < 4.78 is 0. The number of benzene rings is 1. The van der Waals surface area contributed by atoms with E-state index in [1.807, 2.05) is 43.5 Å². The smallest absolute Gasteiger partial charge is 0.233 e. The molecule has 0 heterocycles. The van der Waals surface area contributed by atoms with Crippen LogP contribution in [0.15, 0.2) is 24.3 Å². The average molecular weight is 162 g/mol. The van der Waals surface area contributed by atoms with Crippen molar-refractivity contribution in [1.82, 2.24) is 4.90 Å².